The molecule has 0 spiro atoms. The zero-order chi connectivity index (χ0) is 11.9. The molecule has 1 nitrogen and oxygen atoms in total. The fourth-order valence-electron chi connectivity index (χ4n) is 4.17. The summed E-state index contributed by atoms with van der Waals surface area (Å²) < 4.78 is 0. The second-order valence-corrected chi connectivity index (χ2v) is 6.41. The molecular formula is C16H30O. The molecule has 0 aromatic carbocycles. The Kier molecular flexibility index (Phi) is 5.84. The normalized spacial score (nSPS) is 25.9. The lowest BCUT2D eigenvalue weighted by molar-refractivity contribution is 0.150. The number of hydrogen-bond acceptors (Lipinski definition) is 1. The van der Waals surface area contributed by atoms with Gasteiger partial charge in [0.25, 0.3) is 0 Å². The standard InChI is InChI=1S/C16H30O/c17-12-11-16(15-9-5-2-6-10-15)13-14-7-3-1-4-8-14/h14-17H,1-13H2. The summed E-state index contributed by atoms with van der Waals surface area (Å²) in [6.07, 6.45) is 17.0. The molecule has 0 radical (unpaired) electrons. The van der Waals surface area contributed by atoms with Crippen LogP contribution in [0.15, 0.2) is 0 Å². The van der Waals surface area contributed by atoms with Crippen molar-refractivity contribution in [1.82, 2.24) is 0 Å². The van der Waals surface area contributed by atoms with Gasteiger partial charge in [-0.05, 0) is 30.6 Å². The second kappa shape index (κ2) is 7.41. The van der Waals surface area contributed by atoms with Crippen molar-refractivity contribution in [3.8, 4) is 0 Å². The van der Waals surface area contributed by atoms with Gasteiger partial charge in [-0.1, -0.05) is 64.2 Å². The zero-order valence-electron chi connectivity index (χ0n) is 11.4. The van der Waals surface area contributed by atoms with Gasteiger partial charge < -0.3 is 5.11 Å². The lowest BCUT2D eigenvalue weighted by atomic mass is 9.72. The molecular weight excluding hydrogens is 208 g/mol. The first-order valence-electron chi connectivity index (χ1n) is 8.01. The van der Waals surface area contributed by atoms with Crippen molar-refractivity contribution in [2.24, 2.45) is 17.8 Å². The third kappa shape index (κ3) is 4.28. The third-order valence-corrected chi connectivity index (χ3v) is 5.18. The predicted octanol–water partition coefficient (Wildman–Crippen LogP) is 4.54. The van der Waals surface area contributed by atoms with Crippen LogP contribution < -0.4 is 0 Å². The van der Waals surface area contributed by atoms with Crippen LogP contribution in [-0.2, 0) is 0 Å². The lowest BCUT2D eigenvalue weighted by Crippen LogP contribution is -2.23. The topological polar surface area (TPSA) is 20.2 Å². The number of aliphatic hydroxyl groups excluding tert-OH is 1. The highest BCUT2D eigenvalue weighted by Crippen LogP contribution is 2.38. The highest BCUT2D eigenvalue weighted by Gasteiger charge is 2.26. The highest BCUT2D eigenvalue weighted by molar-refractivity contribution is 4.78. The summed E-state index contributed by atoms with van der Waals surface area (Å²) in [7, 11) is 0. The molecule has 2 rings (SSSR count). The van der Waals surface area contributed by atoms with Gasteiger partial charge in [0.1, 0.15) is 0 Å². The molecule has 17 heavy (non-hydrogen) atoms. The van der Waals surface area contributed by atoms with Gasteiger partial charge >= 0.3 is 0 Å². The van der Waals surface area contributed by atoms with E-state index in [-0.39, 0.29) is 0 Å². The van der Waals surface area contributed by atoms with Gasteiger partial charge in [0.2, 0.25) is 0 Å². The molecule has 1 heteroatoms. The van der Waals surface area contributed by atoms with Crippen molar-refractivity contribution in [1.29, 1.82) is 0 Å². The van der Waals surface area contributed by atoms with Crippen LogP contribution in [0.4, 0.5) is 0 Å². The zero-order valence-corrected chi connectivity index (χ0v) is 11.4. The summed E-state index contributed by atoms with van der Waals surface area (Å²) in [6.45, 7) is 0.411. The molecule has 2 aliphatic carbocycles. The van der Waals surface area contributed by atoms with Crippen molar-refractivity contribution >= 4 is 0 Å². The minimum atomic E-state index is 0.411. The minimum absolute atomic E-state index is 0.411. The molecule has 0 aromatic heterocycles. The average molecular weight is 238 g/mol. The van der Waals surface area contributed by atoms with Crippen LogP contribution >= 0.6 is 0 Å². The Morgan fingerprint density at radius 1 is 0.824 bits per heavy atom. The van der Waals surface area contributed by atoms with Crippen LogP contribution in [0, 0.1) is 17.8 Å². The molecule has 100 valence electrons. The largest absolute Gasteiger partial charge is 0.396 e. The first-order chi connectivity index (χ1) is 8.40. The molecule has 2 aliphatic rings. The monoisotopic (exact) mass is 238 g/mol. The van der Waals surface area contributed by atoms with E-state index < -0.39 is 0 Å². The summed E-state index contributed by atoms with van der Waals surface area (Å²) in [5.41, 5.74) is 0. The Morgan fingerprint density at radius 2 is 1.41 bits per heavy atom. The minimum Gasteiger partial charge on any atom is -0.396 e. The van der Waals surface area contributed by atoms with E-state index in [1.54, 1.807) is 0 Å². The Labute approximate surface area is 107 Å². The number of aliphatic hydroxyl groups is 1. The molecule has 0 amide bonds. The number of hydrogen-bond donors (Lipinski definition) is 1. The van der Waals surface area contributed by atoms with E-state index in [1.165, 1.54) is 70.6 Å². The SMILES string of the molecule is OCCC(CC1CCCCC1)C1CCCCC1. The van der Waals surface area contributed by atoms with Crippen LogP contribution in [-0.4, -0.2) is 11.7 Å². The van der Waals surface area contributed by atoms with Gasteiger partial charge in [-0.25, -0.2) is 0 Å². The molecule has 0 saturated heterocycles. The quantitative estimate of drug-likeness (QED) is 0.745. The summed E-state index contributed by atoms with van der Waals surface area (Å²) in [4.78, 5) is 0. The summed E-state index contributed by atoms with van der Waals surface area (Å²) in [5.74, 6) is 2.77. The van der Waals surface area contributed by atoms with Crippen molar-refractivity contribution in [3.63, 3.8) is 0 Å². The van der Waals surface area contributed by atoms with Gasteiger partial charge in [0, 0.05) is 6.61 Å². The Balaban J connectivity index is 1.81. The van der Waals surface area contributed by atoms with E-state index in [0.717, 1.165) is 24.2 Å². The van der Waals surface area contributed by atoms with E-state index in [2.05, 4.69) is 0 Å². The van der Waals surface area contributed by atoms with Crippen molar-refractivity contribution in [3.05, 3.63) is 0 Å². The number of rotatable bonds is 5. The maximum Gasteiger partial charge on any atom is 0.0433 e. The molecule has 1 N–H and O–H groups in total. The van der Waals surface area contributed by atoms with Crippen LogP contribution in [0.1, 0.15) is 77.0 Å². The molecule has 1 atom stereocenters. The first-order valence-corrected chi connectivity index (χ1v) is 8.01. The fraction of sp³-hybridized carbons (Fsp3) is 1.00. The lowest BCUT2D eigenvalue weighted by Gasteiger charge is -2.33. The van der Waals surface area contributed by atoms with Gasteiger partial charge in [-0.15, -0.1) is 0 Å². The van der Waals surface area contributed by atoms with E-state index in [1.807, 2.05) is 0 Å². The van der Waals surface area contributed by atoms with Crippen molar-refractivity contribution in [2.75, 3.05) is 6.61 Å². The van der Waals surface area contributed by atoms with Gasteiger partial charge in [-0.2, -0.15) is 0 Å². The average Bonchev–Trinajstić information content (AvgIpc) is 2.40. The van der Waals surface area contributed by atoms with E-state index in [0.29, 0.717) is 6.61 Å². The van der Waals surface area contributed by atoms with Crippen LogP contribution in [0.25, 0.3) is 0 Å². The maximum absolute atomic E-state index is 9.30. The molecule has 0 bridgehead atoms. The van der Waals surface area contributed by atoms with Crippen LogP contribution in [0.3, 0.4) is 0 Å². The van der Waals surface area contributed by atoms with Gasteiger partial charge in [0.05, 0.1) is 0 Å². The fourth-order valence-corrected chi connectivity index (χ4v) is 4.17. The Morgan fingerprint density at radius 3 is 2.00 bits per heavy atom. The molecule has 1 unspecified atom stereocenters. The maximum atomic E-state index is 9.30. The van der Waals surface area contributed by atoms with E-state index >= 15 is 0 Å². The van der Waals surface area contributed by atoms with Crippen molar-refractivity contribution in [2.45, 2.75) is 77.0 Å². The third-order valence-electron chi connectivity index (χ3n) is 5.18. The van der Waals surface area contributed by atoms with Crippen molar-refractivity contribution < 1.29 is 5.11 Å². The summed E-state index contributed by atoms with van der Waals surface area (Å²) >= 11 is 0. The molecule has 2 fully saturated rings. The van der Waals surface area contributed by atoms with E-state index in [4.69, 9.17) is 0 Å². The molecule has 0 aliphatic heterocycles. The van der Waals surface area contributed by atoms with Crippen LogP contribution in [0.5, 0.6) is 0 Å². The first kappa shape index (κ1) is 13.4. The molecule has 2 saturated carbocycles. The summed E-state index contributed by atoms with van der Waals surface area (Å²) in [5, 5.41) is 9.30. The summed E-state index contributed by atoms with van der Waals surface area (Å²) in [6, 6.07) is 0. The smallest absolute Gasteiger partial charge is 0.0433 e. The van der Waals surface area contributed by atoms with Gasteiger partial charge in [-0.3, -0.25) is 0 Å². The van der Waals surface area contributed by atoms with Crippen LogP contribution in [0.2, 0.25) is 0 Å². The van der Waals surface area contributed by atoms with E-state index in [9.17, 15) is 5.11 Å². The highest BCUT2D eigenvalue weighted by atomic mass is 16.3. The molecule has 0 aromatic rings. The Bertz CT molecular complexity index is 190. The molecule has 0 heterocycles. The van der Waals surface area contributed by atoms with Gasteiger partial charge in [0.15, 0.2) is 0 Å². The Hall–Kier alpha value is -0.0400. The predicted molar refractivity (Wildman–Crippen MR) is 73.0 cm³/mol. The second-order valence-electron chi connectivity index (χ2n) is 6.41.